The third-order valence-corrected chi connectivity index (χ3v) is 3.95. The van der Waals surface area contributed by atoms with E-state index in [0.717, 1.165) is 19.3 Å². The highest BCUT2D eigenvalue weighted by Gasteiger charge is 2.12. The Kier molecular flexibility index (Phi) is 11.6. The van der Waals surface area contributed by atoms with Gasteiger partial charge in [0.25, 0.3) is 0 Å². The van der Waals surface area contributed by atoms with Gasteiger partial charge in [-0.3, -0.25) is 0 Å². The molecule has 1 saturated heterocycles. The number of likely N-dealkylation sites (N-methyl/N-ethyl adjacent to an activating group) is 1. The Labute approximate surface area is 137 Å². The van der Waals surface area contributed by atoms with Crippen LogP contribution in [0.3, 0.4) is 0 Å². The quantitative estimate of drug-likeness (QED) is 0.335. The molecule has 0 amide bonds. The topological polar surface area (TPSA) is 6.48 Å². The molecule has 0 atom stereocenters. The Balaban J connectivity index is 1.96. The molecule has 1 rings (SSSR count). The number of unbranched alkanes of at least 4 members (excludes halogenated alkanes) is 2. The van der Waals surface area contributed by atoms with Gasteiger partial charge in [0.1, 0.15) is 0 Å². The lowest BCUT2D eigenvalue weighted by Gasteiger charge is -2.32. The molecule has 1 fully saturated rings. The van der Waals surface area contributed by atoms with Gasteiger partial charge >= 0.3 is 0 Å². The third-order valence-electron chi connectivity index (χ3n) is 3.95. The van der Waals surface area contributed by atoms with Crippen molar-refractivity contribution < 1.29 is 0 Å². The van der Waals surface area contributed by atoms with E-state index in [1.165, 1.54) is 45.6 Å². The number of allylic oxidation sites excluding steroid dienone is 8. The van der Waals surface area contributed by atoms with Crippen molar-refractivity contribution in [3.63, 3.8) is 0 Å². The maximum absolute atomic E-state index is 2.58. The van der Waals surface area contributed by atoms with Crippen molar-refractivity contribution in [2.45, 2.75) is 39.0 Å². The smallest absolute Gasteiger partial charge is 0.0110 e. The molecule has 2 heteroatoms. The van der Waals surface area contributed by atoms with Gasteiger partial charge in [-0.25, -0.2) is 0 Å². The van der Waals surface area contributed by atoms with E-state index in [4.69, 9.17) is 0 Å². The normalized spacial score (nSPS) is 18.6. The van der Waals surface area contributed by atoms with Crippen LogP contribution in [-0.2, 0) is 0 Å². The van der Waals surface area contributed by atoms with Gasteiger partial charge < -0.3 is 9.80 Å². The Morgan fingerprint density at radius 3 is 2.05 bits per heavy atom. The van der Waals surface area contributed by atoms with Gasteiger partial charge in [0.2, 0.25) is 0 Å². The maximum Gasteiger partial charge on any atom is 0.0110 e. The molecule has 124 valence electrons. The van der Waals surface area contributed by atoms with E-state index in [2.05, 4.69) is 72.4 Å². The minimum Gasteiger partial charge on any atom is -0.304 e. The maximum atomic E-state index is 2.58. The molecular formula is C20H34N2. The molecule has 0 spiro atoms. The third kappa shape index (κ3) is 10.6. The Hall–Kier alpha value is -1.12. The van der Waals surface area contributed by atoms with Gasteiger partial charge in [-0.05, 0) is 45.7 Å². The molecule has 0 bridgehead atoms. The molecule has 0 aliphatic carbocycles. The zero-order valence-corrected chi connectivity index (χ0v) is 14.6. The summed E-state index contributed by atoms with van der Waals surface area (Å²) in [6, 6.07) is 0. The first-order chi connectivity index (χ1) is 10.8. The van der Waals surface area contributed by atoms with Gasteiger partial charge in [-0.2, -0.15) is 0 Å². The van der Waals surface area contributed by atoms with Crippen LogP contribution in [0.4, 0.5) is 0 Å². The lowest BCUT2D eigenvalue weighted by Crippen LogP contribution is -2.44. The van der Waals surface area contributed by atoms with E-state index < -0.39 is 0 Å². The Morgan fingerprint density at radius 2 is 1.36 bits per heavy atom. The summed E-state index contributed by atoms with van der Waals surface area (Å²) in [7, 11) is 2.21. The number of hydrogen-bond donors (Lipinski definition) is 0. The lowest BCUT2D eigenvalue weighted by atomic mass is 10.2. The minimum atomic E-state index is 1.13. The largest absolute Gasteiger partial charge is 0.304 e. The number of piperazine rings is 1. The van der Waals surface area contributed by atoms with Crippen molar-refractivity contribution in [3.05, 3.63) is 48.6 Å². The summed E-state index contributed by atoms with van der Waals surface area (Å²) in [5.74, 6) is 0. The molecule has 22 heavy (non-hydrogen) atoms. The van der Waals surface area contributed by atoms with Crippen molar-refractivity contribution in [2.24, 2.45) is 0 Å². The average Bonchev–Trinajstić information content (AvgIpc) is 2.53. The Bertz CT molecular complexity index is 358. The van der Waals surface area contributed by atoms with E-state index in [-0.39, 0.29) is 0 Å². The van der Waals surface area contributed by atoms with Crippen LogP contribution in [0, 0.1) is 0 Å². The lowest BCUT2D eigenvalue weighted by molar-refractivity contribution is 0.153. The predicted molar refractivity (Wildman–Crippen MR) is 99.3 cm³/mol. The van der Waals surface area contributed by atoms with Crippen LogP contribution >= 0.6 is 0 Å². The van der Waals surface area contributed by atoms with Crippen LogP contribution in [0.5, 0.6) is 0 Å². The summed E-state index contributed by atoms with van der Waals surface area (Å²) in [5, 5.41) is 0. The standard InChI is InChI=1S/C20H34N2/c1-3-4-5-6-7-8-9-10-11-12-13-14-15-16-22-19-17-21(2)18-20-22/h4-5,8-13H,3,6-7,14-20H2,1-2H3. The number of nitrogens with zero attached hydrogens (tertiary/aromatic N) is 2. The second-order valence-corrected chi connectivity index (χ2v) is 5.99. The first-order valence-electron chi connectivity index (χ1n) is 8.87. The number of rotatable bonds is 10. The molecule has 1 aliphatic heterocycles. The highest BCUT2D eigenvalue weighted by molar-refractivity contribution is 5.11. The van der Waals surface area contributed by atoms with E-state index in [1.54, 1.807) is 0 Å². The summed E-state index contributed by atoms with van der Waals surface area (Å²) in [6.07, 6.45) is 23.5. The van der Waals surface area contributed by atoms with Gasteiger partial charge in [0, 0.05) is 26.2 Å². The zero-order chi connectivity index (χ0) is 15.9. The highest BCUT2D eigenvalue weighted by atomic mass is 15.2. The molecule has 0 saturated carbocycles. The van der Waals surface area contributed by atoms with Crippen LogP contribution in [-0.4, -0.2) is 49.6 Å². The zero-order valence-electron chi connectivity index (χ0n) is 14.6. The Morgan fingerprint density at radius 1 is 0.727 bits per heavy atom. The molecule has 0 aromatic heterocycles. The molecule has 1 aliphatic rings. The molecule has 2 nitrogen and oxygen atoms in total. The van der Waals surface area contributed by atoms with Crippen molar-refractivity contribution in [2.75, 3.05) is 39.8 Å². The van der Waals surface area contributed by atoms with Crippen LogP contribution in [0.1, 0.15) is 39.0 Å². The van der Waals surface area contributed by atoms with E-state index >= 15 is 0 Å². The molecule has 0 radical (unpaired) electrons. The monoisotopic (exact) mass is 302 g/mol. The van der Waals surface area contributed by atoms with Crippen molar-refractivity contribution in [1.82, 2.24) is 9.80 Å². The fourth-order valence-corrected chi connectivity index (χ4v) is 2.46. The van der Waals surface area contributed by atoms with Crippen LogP contribution < -0.4 is 0 Å². The fourth-order valence-electron chi connectivity index (χ4n) is 2.46. The van der Waals surface area contributed by atoms with E-state index in [0.29, 0.717) is 0 Å². The van der Waals surface area contributed by atoms with Gasteiger partial charge in [-0.1, -0.05) is 55.5 Å². The molecular weight excluding hydrogens is 268 g/mol. The highest BCUT2D eigenvalue weighted by Crippen LogP contribution is 2.02. The van der Waals surface area contributed by atoms with Crippen molar-refractivity contribution in [3.8, 4) is 0 Å². The second-order valence-electron chi connectivity index (χ2n) is 5.99. The molecule has 0 N–H and O–H groups in total. The van der Waals surface area contributed by atoms with Crippen molar-refractivity contribution in [1.29, 1.82) is 0 Å². The first kappa shape index (κ1) is 18.9. The van der Waals surface area contributed by atoms with Gasteiger partial charge in [0.05, 0.1) is 0 Å². The van der Waals surface area contributed by atoms with E-state index in [1.807, 2.05) is 0 Å². The van der Waals surface area contributed by atoms with Crippen LogP contribution in [0.25, 0.3) is 0 Å². The summed E-state index contributed by atoms with van der Waals surface area (Å²) in [4.78, 5) is 4.99. The molecule has 1 heterocycles. The molecule has 0 aromatic rings. The summed E-state index contributed by atoms with van der Waals surface area (Å²) < 4.78 is 0. The summed E-state index contributed by atoms with van der Waals surface area (Å²) in [6.45, 7) is 8.33. The van der Waals surface area contributed by atoms with E-state index in [9.17, 15) is 0 Å². The average molecular weight is 303 g/mol. The molecule has 0 aromatic carbocycles. The SMILES string of the molecule is CCC=CCCC=CC=CC=CCCCN1CCN(C)CC1. The fraction of sp³-hybridized carbons (Fsp3) is 0.600. The van der Waals surface area contributed by atoms with Crippen LogP contribution in [0.2, 0.25) is 0 Å². The summed E-state index contributed by atoms with van der Waals surface area (Å²) in [5.41, 5.74) is 0. The first-order valence-corrected chi connectivity index (χ1v) is 8.87. The number of hydrogen-bond acceptors (Lipinski definition) is 2. The predicted octanol–water partition coefficient (Wildman–Crippen LogP) is 4.43. The van der Waals surface area contributed by atoms with Gasteiger partial charge in [-0.15, -0.1) is 0 Å². The van der Waals surface area contributed by atoms with Gasteiger partial charge in [0.15, 0.2) is 0 Å². The second kappa shape index (κ2) is 13.5. The summed E-state index contributed by atoms with van der Waals surface area (Å²) >= 11 is 0. The minimum absolute atomic E-state index is 1.13. The van der Waals surface area contributed by atoms with Crippen LogP contribution in [0.15, 0.2) is 48.6 Å². The van der Waals surface area contributed by atoms with Crippen molar-refractivity contribution >= 4 is 0 Å². The molecule has 0 unspecified atom stereocenters.